The van der Waals surface area contributed by atoms with E-state index in [4.69, 9.17) is 23.2 Å². The number of rotatable bonds is 6. The van der Waals surface area contributed by atoms with Crippen LogP contribution in [0.5, 0.6) is 0 Å². The molecule has 2 unspecified atom stereocenters. The van der Waals surface area contributed by atoms with Gasteiger partial charge in [0.1, 0.15) is 0 Å². The highest BCUT2D eigenvalue weighted by molar-refractivity contribution is 6.42. The van der Waals surface area contributed by atoms with E-state index < -0.39 is 0 Å². The quantitative estimate of drug-likeness (QED) is 0.838. The highest BCUT2D eigenvalue weighted by Gasteiger charge is 2.16. The molecule has 0 saturated carbocycles. The van der Waals surface area contributed by atoms with Crippen LogP contribution in [0.3, 0.4) is 0 Å². The van der Waals surface area contributed by atoms with Gasteiger partial charge in [-0.05, 0) is 56.9 Å². The van der Waals surface area contributed by atoms with E-state index in [2.05, 4.69) is 24.1 Å². The Morgan fingerprint density at radius 1 is 1.20 bits per heavy atom. The van der Waals surface area contributed by atoms with Crippen LogP contribution in [0.2, 0.25) is 10.0 Å². The third kappa shape index (κ3) is 4.36. The molecule has 1 heterocycles. The van der Waals surface area contributed by atoms with Crippen molar-refractivity contribution in [3.05, 3.63) is 33.8 Å². The van der Waals surface area contributed by atoms with Crippen LogP contribution in [0.15, 0.2) is 18.2 Å². The van der Waals surface area contributed by atoms with Crippen molar-refractivity contribution >= 4 is 23.2 Å². The first-order chi connectivity index (χ1) is 9.58. The van der Waals surface area contributed by atoms with E-state index in [-0.39, 0.29) is 6.04 Å². The van der Waals surface area contributed by atoms with Crippen molar-refractivity contribution in [3.63, 3.8) is 0 Å². The average molecular weight is 315 g/mol. The highest BCUT2D eigenvalue weighted by Crippen LogP contribution is 2.29. The molecule has 0 amide bonds. The van der Waals surface area contributed by atoms with Crippen LogP contribution in [0.1, 0.15) is 38.3 Å². The normalized spacial score (nSPS) is 19.2. The van der Waals surface area contributed by atoms with E-state index >= 15 is 0 Å². The first-order valence-electron chi connectivity index (χ1n) is 7.47. The number of benzene rings is 1. The average Bonchev–Trinajstić information content (AvgIpc) is 2.92. The van der Waals surface area contributed by atoms with Gasteiger partial charge in [-0.1, -0.05) is 42.3 Å². The molecule has 0 aromatic heterocycles. The fourth-order valence-corrected chi connectivity index (χ4v) is 3.28. The molecule has 1 fully saturated rings. The zero-order chi connectivity index (χ0) is 14.5. The Hall–Kier alpha value is -0.280. The fourth-order valence-electron chi connectivity index (χ4n) is 2.81. The maximum absolute atomic E-state index is 6.26. The van der Waals surface area contributed by atoms with Gasteiger partial charge in [-0.15, -0.1) is 0 Å². The Morgan fingerprint density at radius 3 is 2.60 bits per heavy atom. The van der Waals surface area contributed by atoms with Crippen LogP contribution >= 0.6 is 23.2 Å². The summed E-state index contributed by atoms with van der Waals surface area (Å²) in [6, 6.07) is 6.05. The summed E-state index contributed by atoms with van der Waals surface area (Å²) < 4.78 is 0. The third-order valence-corrected chi connectivity index (χ3v) is 4.82. The van der Waals surface area contributed by atoms with E-state index in [9.17, 15) is 0 Å². The van der Waals surface area contributed by atoms with Crippen LogP contribution in [-0.2, 0) is 0 Å². The van der Waals surface area contributed by atoms with Gasteiger partial charge in [0.25, 0.3) is 0 Å². The van der Waals surface area contributed by atoms with Crippen molar-refractivity contribution in [3.8, 4) is 0 Å². The first-order valence-corrected chi connectivity index (χ1v) is 8.23. The number of hydrogen-bond donors (Lipinski definition) is 1. The minimum atomic E-state index is 0.224. The molecule has 1 aromatic carbocycles. The summed E-state index contributed by atoms with van der Waals surface area (Å²) in [7, 11) is 0. The zero-order valence-corrected chi connectivity index (χ0v) is 13.8. The number of nitrogens with one attached hydrogen (secondary N) is 1. The largest absolute Gasteiger partial charge is 0.310 e. The molecule has 2 nitrogen and oxygen atoms in total. The Bertz CT molecular complexity index is 430. The van der Waals surface area contributed by atoms with Crippen LogP contribution in [0.4, 0.5) is 0 Å². The molecule has 1 saturated heterocycles. The molecular weight excluding hydrogens is 291 g/mol. The molecule has 1 aliphatic rings. The van der Waals surface area contributed by atoms with Crippen molar-refractivity contribution in [1.82, 2.24) is 10.2 Å². The predicted octanol–water partition coefficient (Wildman–Crippen LogP) is 4.38. The summed E-state index contributed by atoms with van der Waals surface area (Å²) in [4.78, 5) is 2.56. The number of halogens is 2. The molecule has 0 bridgehead atoms. The van der Waals surface area contributed by atoms with E-state index in [0.717, 1.165) is 12.1 Å². The van der Waals surface area contributed by atoms with Crippen molar-refractivity contribution in [2.75, 3.05) is 26.2 Å². The molecule has 0 aliphatic carbocycles. The van der Waals surface area contributed by atoms with Crippen molar-refractivity contribution in [2.24, 2.45) is 5.92 Å². The molecule has 0 radical (unpaired) electrons. The monoisotopic (exact) mass is 314 g/mol. The molecule has 112 valence electrons. The predicted molar refractivity (Wildman–Crippen MR) is 87.7 cm³/mol. The smallest absolute Gasteiger partial charge is 0.0639 e. The van der Waals surface area contributed by atoms with E-state index in [0.29, 0.717) is 16.0 Å². The lowest BCUT2D eigenvalue weighted by Crippen LogP contribution is -2.32. The Kier molecular flexibility index (Phi) is 6.16. The van der Waals surface area contributed by atoms with Gasteiger partial charge >= 0.3 is 0 Å². The maximum atomic E-state index is 6.26. The van der Waals surface area contributed by atoms with Gasteiger partial charge in [-0.25, -0.2) is 0 Å². The van der Waals surface area contributed by atoms with Crippen LogP contribution in [0, 0.1) is 5.92 Å². The van der Waals surface area contributed by atoms with Crippen LogP contribution < -0.4 is 5.32 Å². The van der Waals surface area contributed by atoms with Crippen LogP contribution in [0.25, 0.3) is 0 Å². The molecule has 1 aliphatic heterocycles. The molecule has 2 atom stereocenters. The van der Waals surface area contributed by atoms with Crippen molar-refractivity contribution in [1.29, 1.82) is 0 Å². The number of hydrogen-bond acceptors (Lipinski definition) is 2. The topological polar surface area (TPSA) is 15.3 Å². The highest BCUT2D eigenvalue weighted by atomic mass is 35.5. The van der Waals surface area contributed by atoms with Gasteiger partial charge in [-0.2, -0.15) is 0 Å². The molecule has 0 spiro atoms. The summed E-state index contributed by atoms with van der Waals surface area (Å²) in [5.74, 6) is 0.647. The lowest BCUT2D eigenvalue weighted by molar-refractivity contribution is 0.279. The number of nitrogens with zero attached hydrogens (tertiary/aromatic N) is 1. The summed E-state index contributed by atoms with van der Waals surface area (Å²) in [5, 5.41) is 4.87. The maximum Gasteiger partial charge on any atom is 0.0639 e. The van der Waals surface area contributed by atoms with Gasteiger partial charge in [0, 0.05) is 12.6 Å². The summed E-state index contributed by atoms with van der Waals surface area (Å²) in [5.41, 5.74) is 1.08. The Balaban J connectivity index is 1.81. The van der Waals surface area contributed by atoms with Gasteiger partial charge in [0.05, 0.1) is 10.0 Å². The SMILES string of the molecule is CC(CNC(C)c1cccc(Cl)c1Cl)CN1CCCC1. The third-order valence-electron chi connectivity index (χ3n) is 3.99. The van der Waals surface area contributed by atoms with Crippen molar-refractivity contribution < 1.29 is 0 Å². The van der Waals surface area contributed by atoms with Crippen molar-refractivity contribution in [2.45, 2.75) is 32.7 Å². The lowest BCUT2D eigenvalue weighted by Gasteiger charge is -2.23. The summed E-state index contributed by atoms with van der Waals surface area (Å²) in [6.45, 7) is 9.15. The lowest BCUT2D eigenvalue weighted by atomic mass is 10.1. The summed E-state index contributed by atoms with van der Waals surface area (Å²) >= 11 is 12.3. The van der Waals surface area contributed by atoms with Gasteiger partial charge < -0.3 is 10.2 Å². The van der Waals surface area contributed by atoms with E-state index in [1.54, 1.807) is 0 Å². The molecule has 2 rings (SSSR count). The van der Waals surface area contributed by atoms with Gasteiger partial charge in [0.15, 0.2) is 0 Å². The Labute approximate surface area is 132 Å². The molecule has 4 heteroatoms. The van der Waals surface area contributed by atoms with Gasteiger partial charge in [0.2, 0.25) is 0 Å². The minimum absolute atomic E-state index is 0.224. The van der Waals surface area contributed by atoms with Gasteiger partial charge in [-0.3, -0.25) is 0 Å². The second-order valence-electron chi connectivity index (χ2n) is 5.89. The Morgan fingerprint density at radius 2 is 1.90 bits per heavy atom. The minimum Gasteiger partial charge on any atom is -0.310 e. The molecule has 20 heavy (non-hydrogen) atoms. The van der Waals surface area contributed by atoms with Crippen LogP contribution in [-0.4, -0.2) is 31.1 Å². The second-order valence-corrected chi connectivity index (χ2v) is 6.67. The summed E-state index contributed by atoms with van der Waals surface area (Å²) in [6.07, 6.45) is 2.71. The molecule has 1 N–H and O–H groups in total. The number of likely N-dealkylation sites (tertiary alicyclic amines) is 1. The molecular formula is C16H24Cl2N2. The van der Waals surface area contributed by atoms with E-state index in [1.807, 2.05) is 18.2 Å². The second kappa shape index (κ2) is 7.65. The zero-order valence-electron chi connectivity index (χ0n) is 12.3. The standard InChI is InChI=1S/C16H24Cl2N2/c1-12(11-20-8-3-4-9-20)10-19-13(2)14-6-5-7-15(17)16(14)18/h5-7,12-13,19H,3-4,8-11H2,1-2H3. The fraction of sp³-hybridized carbons (Fsp3) is 0.625. The molecule has 1 aromatic rings. The first kappa shape index (κ1) is 16.1. The van der Waals surface area contributed by atoms with E-state index in [1.165, 1.54) is 32.5 Å².